The number of aromatic nitrogens is 8. The molecule has 0 aliphatic heterocycles. The average molecular weight is 1330 g/mol. The summed E-state index contributed by atoms with van der Waals surface area (Å²) in [5.74, 6) is 3.89. The highest BCUT2D eigenvalue weighted by molar-refractivity contribution is 6.00. The lowest BCUT2D eigenvalue weighted by atomic mass is 9.94. The van der Waals surface area contributed by atoms with Crippen LogP contribution in [0.25, 0.3) is 179 Å². The quantitative estimate of drug-likeness (QED) is 0.106. The molecule has 0 amide bonds. The maximum Gasteiger partial charge on any atom is 0.164 e. The second kappa shape index (κ2) is 29.0. The molecular weight excluding hydrogens is 1270 g/mol. The van der Waals surface area contributed by atoms with Crippen molar-refractivity contribution in [3.05, 3.63) is 388 Å². The van der Waals surface area contributed by atoms with Crippen LogP contribution in [-0.2, 0) is 0 Å². The first kappa shape index (κ1) is 63.4. The van der Waals surface area contributed by atoms with Gasteiger partial charge in [-0.3, -0.25) is 0 Å². The van der Waals surface area contributed by atoms with Crippen molar-refractivity contribution >= 4 is 21.5 Å². The second-order valence-corrected chi connectivity index (χ2v) is 25.4. The van der Waals surface area contributed by atoms with Gasteiger partial charge in [-0.2, -0.15) is 0 Å². The first-order chi connectivity index (χ1) is 51.5. The molecule has 14 aromatic carbocycles. The van der Waals surface area contributed by atoms with E-state index in [0.29, 0.717) is 34.9 Å². The van der Waals surface area contributed by atoms with E-state index in [1.807, 2.05) is 146 Å². The molecule has 18 rings (SSSR count). The van der Waals surface area contributed by atoms with Crippen LogP contribution in [0.5, 0.6) is 0 Å². The van der Waals surface area contributed by atoms with E-state index >= 15 is 0 Å². The fourth-order valence-corrected chi connectivity index (χ4v) is 13.3. The molecular formula is C96H64N8. The molecule has 0 fully saturated rings. The average Bonchev–Trinajstić information content (AvgIpc) is 0.781. The van der Waals surface area contributed by atoms with E-state index in [2.05, 4.69) is 243 Å². The minimum absolute atomic E-state index is 0.643. The molecule has 0 saturated heterocycles. The molecule has 8 nitrogen and oxygen atoms in total. The Labute approximate surface area is 603 Å². The van der Waals surface area contributed by atoms with Gasteiger partial charge in [0.1, 0.15) is 0 Å². The summed E-state index contributed by atoms with van der Waals surface area (Å²) >= 11 is 0. The van der Waals surface area contributed by atoms with Crippen LogP contribution in [0, 0.1) is 0 Å². The van der Waals surface area contributed by atoms with Crippen molar-refractivity contribution in [3.8, 4) is 158 Å². The molecule has 4 aromatic heterocycles. The van der Waals surface area contributed by atoms with Crippen LogP contribution in [0.15, 0.2) is 388 Å². The molecule has 488 valence electrons. The van der Waals surface area contributed by atoms with Gasteiger partial charge in [0.05, 0.1) is 22.8 Å². The lowest BCUT2D eigenvalue weighted by molar-refractivity contribution is 1.07. The molecule has 0 N–H and O–H groups in total. The molecule has 0 atom stereocenters. The molecule has 104 heavy (non-hydrogen) atoms. The Morgan fingerprint density at radius 3 is 0.644 bits per heavy atom. The third-order valence-electron chi connectivity index (χ3n) is 18.7. The van der Waals surface area contributed by atoms with E-state index < -0.39 is 0 Å². The maximum atomic E-state index is 5.12. The van der Waals surface area contributed by atoms with Crippen molar-refractivity contribution in [2.75, 3.05) is 0 Å². The molecule has 4 heterocycles. The summed E-state index contributed by atoms with van der Waals surface area (Å²) in [6.07, 6.45) is 0. The van der Waals surface area contributed by atoms with Crippen molar-refractivity contribution in [1.29, 1.82) is 0 Å². The lowest BCUT2D eigenvalue weighted by Crippen LogP contribution is -2.00. The number of rotatable bonds is 14. The molecule has 8 heteroatoms. The number of nitrogens with zero attached hydrogens (tertiary/aromatic N) is 8. The van der Waals surface area contributed by atoms with Gasteiger partial charge < -0.3 is 0 Å². The van der Waals surface area contributed by atoms with E-state index in [1.165, 1.54) is 16.5 Å². The molecule has 0 bridgehead atoms. The zero-order valence-electron chi connectivity index (χ0n) is 56.5. The molecule has 0 spiro atoms. The predicted octanol–water partition coefficient (Wildman–Crippen LogP) is 24.2. The topological polar surface area (TPSA) is 103 Å². The standard InChI is InChI=1S/2C48H32N4/c1-5-14-35(15-6-1)44-31-41(32-45(49-44)36-16-7-2-8-17-36)33-24-26-34(27-25-33)42-23-13-22-39-30-40(28-29-43(39)42)48-51-46(37-18-9-3-10-19-37)50-47(52-48)38-20-11-4-12-21-38;1-5-14-33(15-6-1)41-31-44(35-16-7-2-8-17-35)49-45(32-41)36-26-24-34(25-27-36)42-23-13-22-39-30-40(28-29-43(39)42)48-51-46(37-18-9-3-10-19-37)50-47(52-48)38-20-11-4-12-21-38/h2*1-32H. The molecule has 0 radical (unpaired) electrons. The van der Waals surface area contributed by atoms with Gasteiger partial charge in [-0.05, 0) is 102 Å². The summed E-state index contributed by atoms with van der Waals surface area (Å²) in [6.45, 7) is 0. The Balaban J connectivity index is 0.000000154. The summed E-state index contributed by atoms with van der Waals surface area (Å²) in [7, 11) is 0. The second-order valence-electron chi connectivity index (χ2n) is 25.4. The Kier molecular flexibility index (Phi) is 17.7. The Bertz CT molecular complexity index is 5430. The molecule has 0 aliphatic carbocycles. The summed E-state index contributed by atoms with van der Waals surface area (Å²) in [4.78, 5) is 39.7. The van der Waals surface area contributed by atoms with E-state index in [0.717, 1.165) is 128 Å². The third-order valence-corrected chi connectivity index (χ3v) is 18.7. The minimum atomic E-state index is 0.643. The van der Waals surface area contributed by atoms with Gasteiger partial charge in [0.2, 0.25) is 0 Å². The minimum Gasteiger partial charge on any atom is -0.248 e. The fraction of sp³-hybridized carbons (Fsp3) is 0. The molecule has 18 aromatic rings. The van der Waals surface area contributed by atoms with Gasteiger partial charge in [-0.1, -0.05) is 352 Å². The molecule has 0 unspecified atom stereocenters. The number of benzene rings is 14. The Hall–Kier alpha value is -14.1. The van der Waals surface area contributed by atoms with Crippen LogP contribution in [0.4, 0.5) is 0 Å². The van der Waals surface area contributed by atoms with Crippen LogP contribution in [0.2, 0.25) is 0 Å². The lowest BCUT2D eigenvalue weighted by Gasteiger charge is -2.12. The molecule has 0 aliphatic rings. The SMILES string of the molecule is c1ccc(-c2cc(-c3ccc(-c4cccc5cc(-c6nc(-c7ccccc7)nc(-c7ccccc7)n6)ccc45)cc3)cc(-c3ccccc3)n2)cc1.c1ccc(-c2cc(-c3ccccc3)nc(-c3ccc(-c4cccc5cc(-c6nc(-c7ccccc7)nc(-c7ccccc7)n6)ccc45)cc3)c2)cc1. The third kappa shape index (κ3) is 13.7. The fourth-order valence-electron chi connectivity index (χ4n) is 13.3. The smallest absolute Gasteiger partial charge is 0.164 e. The van der Waals surface area contributed by atoms with E-state index in [9.17, 15) is 0 Å². The van der Waals surface area contributed by atoms with Crippen molar-refractivity contribution in [2.45, 2.75) is 0 Å². The van der Waals surface area contributed by atoms with Crippen molar-refractivity contribution in [2.24, 2.45) is 0 Å². The number of pyridine rings is 2. The first-order valence-corrected chi connectivity index (χ1v) is 34.8. The van der Waals surface area contributed by atoms with E-state index in [4.69, 9.17) is 39.9 Å². The van der Waals surface area contributed by atoms with Crippen molar-refractivity contribution in [1.82, 2.24) is 39.9 Å². The highest BCUT2D eigenvalue weighted by Gasteiger charge is 2.18. The monoisotopic (exact) mass is 1330 g/mol. The van der Waals surface area contributed by atoms with Crippen LogP contribution >= 0.6 is 0 Å². The van der Waals surface area contributed by atoms with Gasteiger partial charge in [0.15, 0.2) is 34.9 Å². The van der Waals surface area contributed by atoms with Crippen LogP contribution < -0.4 is 0 Å². The first-order valence-electron chi connectivity index (χ1n) is 34.8. The zero-order valence-corrected chi connectivity index (χ0v) is 56.5. The van der Waals surface area contributed by atoms with E-state index in [1.54, 1.807) is 0 Å². The zero-order chi connectivity index (χ0) is 69.4. The summed E-state index contributed by atoms with van der Waals surface area (Å²) in [6, 6.07) is 134. The summed E-state index contributed by atoms with van der Waals surface area (Å²) < 4.78 is 0. The molecule has 0 saturated carbocycles. The highest BCUT2D eigenvalue weighted by Crippen LogP contribution is 2.39. The van der Waals surface area contributed by atoms with Gasteiger partial charge in [0.25, 0.3) is 0 Å². The number of hydrogen-bond donors (Lipinski definition) is 0. The maximum absolute atomic E-state index is 5.12. The van der Waals surface area contributed by atoms with Crippen molar-refractivity contribution < 1.29 is 0 Å². The van der Waals surface area contributed by atoms with Crippen LogP contribution in [0.1, 0.15) is 0 Å². The summed E-state index contributed by atoms with van der Waals surface area (Å²) in [5, 5.41) is 4.57. The Morgan fingerprint density at radius 1 is 0.125 bits per heavy atom. The van der Waals surface area contributed by atoms with E-state index in [-0.39, 0.29) is 0 Å². The number of hydrogen-bond acceptors (Lipinski definition) is 8. The predicted molar refractivity (Wildman–Crippen MR) is 426 cm³/mol. The van der Waals surface area contributed by atoms with Gasteiger partial charge in [0, 0.05) is 55.6 Å². The number of fused-ring (bicyclic) bond motifs is 2. The van der Waals surface area contributed by atoms with Crippen LogP contribution in [0.3, 0.4) is 0 Å². The summed E-state index contributed by atoms with van der Waals surface area (Å²) in [5.41, 5.74) is 23.1. The van der Waals surface area contributed by atoms with Crippen molar-refractivity contribution in [3.63, 3.8) is 0 Å². The van der Waals surface area contributed by atoms with Gasteiger partial charge >= 0.3 is 0 Å². The largest absolute Gasteiger partial charge is 0.248 e. The van der Waals surface area contributed by atoms with Gasteiger partial charge in [-0.15, -0.1) is 0 Å². The normalized spacial score (nSPS) is 11.1. The highest BCUT2D eigenvalue weighted by atomic mass is 15.0. The Morgan fingerprint density at radius 2 is 0.346 bits per heavy atom. The van der Waals surface area contributed by atoms with Crippen LogP contribution in [-0.4, -0.2) is 39.9 Å². The van der Waals surface area contributed by atoms with Gasteiger partial charge in [-0.25, -0.2) is 39.9 Å².